The van der Waals surface area contributed by atoms with Crippen molar-refractivity contribution in [3.8, 4) is 0 Å². The van der Waals surface area contributed by atoms with Crippen molar-refractivity contribution >= 4 is 22.6 Å². The molecule has 2 aromatic rings. The molecule has 1 aromatic heterocycles. The van der Waals surface area contributed by atoms with Gasteiger partial charge in [-0.05, 0) is 6.07 Å². The fourth-order valence-electron chi connectivity index (χ4n) is 1.43. The van der Waals surface area contributed by atoms with Gasteiger partial charge >= 0.3 is 0 Å². The number of nitrogens with one attached hydrogen (secondary N) is 1. The van der Waals surface area contributed by atoms with Crippen LogP contribution in [0.5, 0.6) is 0 Å². The van der Waals surface area contributed by atoms with E-state index in [1.807, 2.05) is 0 Å². The molecule has 0 unspecified atom stereocenters. The second kappa shape index (κ2) is 3.53. The monoisotopic (exact) mass is 216 g/mol. The molecule has 0 aliphatic heterocycles. The van der Waals surface area contributed by atoms with Crippen LogP contribution in [-0.2, 0) is 5.88 Å². The van der Waals surface area contributed by atoms with Crippen molar-refractivity contribution in [2.75, 3.05) is 0 Å². The molecule has 0 radical (unpaired) electrons. The summed E-state index contributed by atoms with van der Waals surface area (Å²) < 4.78 is 25.1. The molecule has 0 atom stereocenters. The van der Waals surface area contributed by atoms with Gasteiger partial charge in [0, 0.05) is 11.1 Å². The number of aromatic nitrogens is 2. The largest absolute Gasteiger partial charge is 0.345 e. The number of fused-ring (bicyclic) bond motifs is 1. The molecule has 0 saturated carbocycles. The van der Waals surface area contributed by atoms with Crippen molar-refractivity contribution in [2.24, 2.45) is 0 Å². The smallest absolute Gasteiger partial charge is 0.264 e. The Bertz CT molecular complexity index is 453. The van der Waals surface area contributed by atoms with E-state index in [0.29, 0.717) is 11.1 Å². The maximum atomic E-state index is 12.6. The molecular formula is C9H7ClF2N2. The molecule has 0 spiro atoms. The summed E-state index contributed by atoms with van der Waals surface area (Å²) in [6.07, 6.45) is -1.04. The predicted octanol–water partition coefficient (Wildman–Crippen LogP) is 3.24. The van der Waals surface area contributed by atoms with Crippen LogP contribution in [0.3, 0.4) is 0 Å². The Morgan fingerprint density at radius 1 is 1.43 bits per heavy atom. The van der Waals surface area contributed by atoms with Crippen LogP contribution in [-0.4, -0.2) is 9.97 Å². The highest BCUT2D eigenvalue weighted by Crippen LogP contribution is 2.28. The highest BCUT2D eigenvalue weighted by molar-refractivity contribution is 6.18. The maximum absolute atomic E-state index is 12.6. The van der Waals surface area contributed by atoms with Crippen molar-refractivity contribution in [3.63, 3.8) is 0 Å². The van der Waals surface area contributed by atoms with E-state index in [1.54, 1.807) is 6.07 Å². The molecule has 0 aliphatic carbocycles. The number of H-pyrrole nitrogens is 1. The lowest BCUT2D eigenvalue weighted by Crippen LogP contribution is -1.93. The van der Waals surface area contributed by atoms with Gasteiger partial charge in [0.2, 0.25) is 0 Å². The third-order valence-electron chi connectivity index (χ3n) is 2.10. The maximum Gasteiger partial charge on any atom is 0.264 e. The van der Waals surface area contributed by atoms with Crippen LogP contribution in [0.1, 0.15) is 17.6 Å². The molecule has 0 saturated heterocycles. The van der Waals surface area contributed by atoms with E-state index in [9.17, 15) is 8.78 Å². The molecule has 14 heavy (non-hydrogen) atoms. The number of hydrogen-bond acceptors (Lipinski definition) is 1. The van der Waals surface area contributed by atoms with Gasteiger partial charge in [-0.25, -0.2) is 13.8 Å². The molecule has 0 aliphatic rings. The van der Waals surface area contributed by atoms with E-state index in [0.717, 1.165) is 5.52 Å². The number of aromatic amines is 1. The van der Waals surface area contributed by atoms with Gasteiger partial charge in [-0.2, -0.15) is 0 Å². The highest BCUT2D eigenvalue weighted by atomic mass is 35.5. The molecule has 2 nitrogen and oxygen atoms in total. The van der Waals surface area contributed by atoms with Crippen molar-refractivity contribution in [1.29, 1.82) is 0 Å². The second-order valence-corrected chi connectivity index (χ2v) is 3.13. The molecule has 5 heteroatoms. The van der Waals surface area contributed by atoms with Crippen LogP contribution in [0.2, 0.25) is 0 Å². The van der Waals surface area contributed by atoms with Gasteiger partial charge < -0.3 is 4.98 Å². The van der Waals surface area contributed by atoms with Crippen LogP contribution in [0.15, 0.2) is 18.5 Å². The number of halogens is 3. The van der Waals surface area contributed by atoms with E-state index in [2.05, 4.69) is 9.97 Å². The summed E-state index contributed by atoms with van der Waals surface area (Å²) in [5.74, 6) is 0.0435. The quantitative estimate of drug-likeness (QED) is 0.767. The highest BCUT2D eigenvalue weighted by Gasteiger charge is 2.15. The van der Waals surface area contributed by atoms with E-state index in [-0.39, 0.29) is 11.4 Å². The minimum atomic E-state index is -2.51. The van der Waals surface area contributed by atoms with E-state index >= 15 is 0 Å². The average molecular weight is 217 g/mol. The molecular weight excluding hydrogens is 210 g/mol. The Hall–Kier alpha value is -1.16. The lowest BCUT2D eigenvalue weighted by Gasteiger charge is -2.05. The minimum absolute atomic E-state index is 0.0420. The third kappa shape index (κ3) is 1.35. The van der Waals surface area contributed by atoms with Crippen LogP contribution in [0.4, 0.5) is 8.78 Å². The summed E-state index contributed by atoms with van der Waals surface area (Å²) in [5, 5.41) is 0. The summed E-state index contributed by atoms with van der Waals surface area (Å²) >= 11 is 5.62. The van der Waals surface area contributed by atoms with Crippen molar-refractivity contribution in [2.45, 2.75) is 12.3 Å². The topological polar surface area (TPSA) is 28.7 Å². The number of rotatable bonds is 2. The lowest BCUT2D eigenvalue weighted by molar-refractivity contribution is 0.150. The first-order valence-electron chi connectivity index (χ1n) is 4.03. The summed E-state index contributed by atoms with van der Waals surface area (Å²) in [5.41, 5.74) is 1.61. The first kappa shape index (κ1) is 9.40. The molecule has 0 fully saturated rings. The molecule has 74 valence electrons. The van der Waals surface area contributed by atoms with Crippen molar-refractivity contribution in [3.05, 3.63) is 29.6 Å². The molecule has 1 N–H and O–H groups in total. The zero-order chi connectivity index (χ0) is 10.1. The summed E-state index contributed by atoms with van der Waals surface area (Å²) in [6.45, 7) is 0. The molecule has 2 rings (SSSR count). The lowest BCUT2D eigenvalue weighted by atomic mass is 10.1. The molecule has 1 heterocycles. The van der Waals surface area contributed by atoms with Crippen LogP contribution < -0.4 is 0 Å². The van der Waals surface area contributed by atoms with Crippen LogP contribution >= 0.6 is 11.6 Å². The number of hydrogen-bond donors (Lipinski definition) is 1. The van der Waals surface area contributed by atoms with Gasteiger partial charge in [0.1, 0.15) is 0 Å². The fourth-order valence-corrected chi connectivity index (χ4v) is 1.71. The number of imidazole rings is 1. The van der Waals surface area contributed by atoms with Gasteiger partial charge in [0.25, 0.3) is 6.43 Å². The molecule has 0 bridgehead atoms. The van der Waals surface area contributed by atoms with Crippen molar-refractivity contribution < 1.29 is 8.78 Å². The Labute approximate surface area is 83.9 Å². The van der Waals surface area contributed by atoms with Gasteiger partial charge in [-0.1, -0.05) is 6.07 Å². The number of alkyl halides is 3. The van der Waals surface area contributed by atoms with E-state index < -0.39 is 6.43 Å². The van der Waals surface area contributed by atoms with Gasteiger partial charge in [0.15, 0.2) is 0 Å². The van der Waals surface area contributed by atoms with Crippen LogP contribution in [0.25, 0.3) is 11.0 Å². The van der Waals surface area contributed by atoms with Gasteiger partial charge in [-0.15, -0.1) is 11.6 Å². The predicted molar refractivity (Wildman–Crippen MR) is 50.6 cm³/mol. The zero-order valence-corrected chi connectivity index (χ0v) is 7.85. The Balaban J connectivity index is 2.72. The van der Waals surface area contributed by atoms with Crippen LogP contribution in [0, 0.1) is 0 Å². The first-order chi connectivity index (χ1) is 6.74. The summed E-state index contributed by atoms with van der Waals surface area (Å²) in [6, 6.07) is 2.96. The van der Waals surface area contributed by atoms with Gasteiger partial charge in [-0.3, -0.25) is 0 Å². The van der Waals surface area contributed by atoms with Crippen molar-refractivity contribution in [1.82, 2.24) is 9.97 Å². The zero-order valence-electron chi connectivity index (χ0n) is 7.10. The Morgan fingerprint density at radius 2 is 2.21 bits per heavy atom. The Morgan fingerprint density at radius 3 is 2.86 bits per heavy atom. The third-order valence-corrected chi connectivity index (χ3v) is 2.37. The molecule has 1 aromatic carbocycles. The Kier molecular flexibility index (Phi) is 2.37. The average Bonchev–Trinajstić information content (AvgIpc) is 2.63. The summed E-state index contributed by atoms with van der Waals surface area (Å²) in [4.78, 5) is 6.80. The standard InChI is InChI=1S/C9H7ClF2N2/c10-3-6-5(9(11)12)1-2-7-8(6)14-4-13-7/h1-2,4,9H,3H2,(H,13,14). The van der Waals surface area contributed by atoms with E-state index in [4.69, 9.17) is 11.6 Å². The number of benzene rings is 1. The molecule has 0 amide bonds. The fraction of sp³-hybridized carbons (Fsp3) is 0.222. The summed E-state index contributed by atoms with van der Waals surface area (Å²) in [7, 11) is 0. The minimum Gasteiger partial charge on any atom is -0.345 e. The van der Waals surface area contributed by atoms with E-state index in [1.165, 1.54) is 12.4 Å². The first-order valence-corrected chi connectivity index (χ1v) is 4.56. The SMILES string of the molecule is FC(F)c1ccc2[nH]cnc2c1CCl. The normalized spacial score (nSPS) is 11.4. The van der Waals surface area contributed by atoms with Gasteiger partial charge in [0.05, 0.1) is 23.2 Å². The number of nitrogens with zero attached hydrogens (tertiary/aromatic N) is 1. The second-order valence-electron chi connectivity index (χ2n) is 2.87.